The van der Waals surface area contributed by atoms with E-state index in [1.807, 2.05) is 0 Å². The number of nitrogens with one attached hydrogen (secondary N) is 2. The summed E-state index contributed by atoms with van der Waals surface area (Å²) in [5.41, 5.74) is -0.136. The van der Waals surface area contributed by atoms with Gasteiger partial charge in [-0.2, -0.15) is 0 Å². The van der Waals surface area contributed by atoms with Crippen molar-refractivity contribution in [1.29, 1.82) is 0 Å². The maximum atomic E-state index is 12.7. The molecule has 3 rings (SSSR count). The van der Waals surface area contributed by atoms with Gasteiger partial charge >= 0.3 is 18.0 Å². The fourth-order valence-corrected chi connectivity index (χ4v) is 3.84. The molecule has 1 aromatic carbocycles. The Morgan fingerprint density at radius 2 is 1.83 bits per heavy atom. The molecule has 1 saturated carbocycles. The second-order valence-electron chi connectivity index (χ2n) is 7.21. The maximum absolute atomic E-state index is 12.7. The second kappa shape index (κ2) is 8.35. The van der Waals surface area contributed by atoms with Crippen LogP contribution in [0.2, 0.25) is 0 Å². The van der Waals surface area contributed by atoms with Gasteiger partial charge in [0.2, 0.25) is 0 Å². The lowest BCUT2D eigenvalue weighted by Crippen LogP contribution is -2.47. The molecule has 0 saturated heterocycles. The molecule has 1 heterocycles. The summed E-state index contributed by atoms with van der Waals surface area (Å²) in [6.07, 6.45) is 0.258. The van der Waals surface area contributed by atoms with Crippen LogP contribution >= 0.6 is 23.2 Å². The highest BCUT2D eigenvalue weighted by Gasteiger charge is 2.69. The van der Waals surface area contributed by atoms with Crippen molar-refractivity contribution in [3.8, 4) is 5.75 Å². The number of amides is 2. The predicted octanol–water partition coefficient (Wildman–Crippen LogP) is 2.99. The maximum Gasteiger partial charge on any atom is 0.338 e. The van der Waals surface area contributed by atoms with Gasteiger partial charge in [-0.1, -0.05) is 12.1 Å². The summed E-state index contributed by atoms with van der Waals surface area (Å²) in [6, 6.07) is 5.52. The molecule has 2 N–H and O–H groups in total. The number of halogens is 2. The normalized spacial score (nSPS) is 24.4. The summed E-state index contributed by atoms with van der Waals surface area (Å²) in [7, 11) is 1.54. The number of hydrogen-bond donors (Lipinski definition) is 2. The number of carbonyl (C=O) groups is 3. The molecular formula is C20H22Cl2N2O6. The van der Waals surface area contributed by atoms with E-state index in [0.29, 0.717) is 11.3 Å². The molecule has 10 heteroatoms. The topological polar surface area (TPSA) is 103 Å². The largest absolute Gasteiger partial charge is 0.497 e. The van der Waals surface area contributed by atoms with Crippen LogP contribution < -0.4 is 15.4 Å². The molecule has 0 radical (unpaired) electrons. The van der Waals surface area contributed by atoms with Gasteiger partial charge in [0.05, 0.1) is 31.0 Å². The molecule has 0 aromatic heterocycles. The highest BCUT2D eigenvalue weighted by atomic mass is 35.5. The first kappa shape index (κ1) is 22.2. The van der Waals surface area contributed by atoms with E-state index in [-0.39, 0.29) is 30.9 Å². The Labute approximate surface area is 183 Å². The third kappa shape index (κ3) is 4.20. The number of methoxy groups -OCH3 is 1. The lowest BCUT2D eigenvalue weighted by atomic mass is 9.95. The van der Waals surface area contributed by atoms with Crippen LogP contribution in [0.25, 0.3) is 0 Å². The lowest BCUT2D eigenvalue weighted by Gasteiger charge is -2.29. The average Bonchev–Trinajstić information content (AvgIpc) is 3.24. The third-order valence-electron chi connectivity index (χ3n) is 5.15. The van der Waals surface area contributed by atoms with Gasteiger partial charge in [0.15, 0.2) is 0 Å². The number of rotatable bonds is 7. The molecular weight excluding hydrogens is 435 g/mol. The van der Waals surface area contributed by atoms with Crippen LogP contribution in [-0.4, -0.2) is 42.6 Å². The van der Waals surface area contributed by atoms with Crippen LogP contribution in [0.15, 0.2) is 35.5 Å². The Kier molecular flexibility index (Phi) is 6.19. The zero-order chi connectivity index (χ0) is 22.1. The zero-order valence-electron chi connectivity index (χ0n) is 16.7. The lowest BCUT2D eigenvalue weighted by molar-refractivity contribution is -0.149. The molecule has 1 aromatic rings. The van der Waals surface area contributed by atoms with Gasteiger partial charge in [0.1, 0.15) is 22.1 Å². The van der Waals surface area contributed by atoms with Crippen LogP contribution in [0.3, 0.4) is 0 Å². The van der Waals surface area contributed by atoms with Gasteiger partial charge in [0, 0.05) is 6.42 Å². The first-order valence-corrected chi connectivity index (χ1v) is 10.0. The Bertz CT molecular complexity index is 899. The minimum absolute atomic E-state index is 0.130. The number of ether oxygens (including phenoxy) is 3. The Morgan fingerprint density at radius 1 is 1.20 bits per heavy atom. The number of hydrogen-bond acceptors (Lipinski definition) is 6. The van der Waals surface area contributed by atoms with E-state index < -0.39 is 33.8 Å². The van der Waals surface area contributed by atoms with E-state index in [4.69, 9.17) is 37.4 Å². The summed E-state index contributed by atoms with van der Waals surface area (Å²) < 4.78 is 14.5. The first-order valence-electron chi connectivity index (χ1n) is 9.29. The number of carbonyl (C=O) groups excluding carboxylic acids is 3. The average molecular weight is 457 g/mol. The summed E-state index contributed by atoms with van der Waals surface area (Å²) in [4.78, 5) is 37.4. The van der Waals surface area contributed by atoms with Crippen molar-refractivity contribution >= 4 is 41.2 Å². The van der Waals surface area contributed by atoms with Gasteiger partial charge in [-0.3, -0.25) is 4.79 Å². The summed E-state index contributed by atoms with van der Waals surface area (Å²) >= 11 is 12.0. The smallest absolute Gasteiger partial charge is 0.338 e. The van der Waals surface area contributed by atoms with E-state index in [1.54, 1.807) is 38.1 Å². The van der Waals surface area contributed by atoms with Crippen molar-refractivity contribution in [2.24, 2.45) is 5.41 Å². The van der Waals surface area contributed by atoms with Crippen LogP contribution in [-0.2, 0) is 19.1 Å². The van der Waals surface area contributed by atoms with Gasteiger partial charge in [-0.25, -0.2) is 9.59 Å². The fraction of sp³-hybridized carbons (Fsp3) is 0.450. The minimum Gasteiger partial charge on any atom is -0.497 e. The zero-order valence-corrected chi connectivity index (χ0v) is 18.2. The highest BCUT2D eigenvalue weighted by Crippen LogP contribution is 2.64. The van der Waals surface area contributed by atoms with E-state index in [9.17, 15) is 14.4 Å². The number of benzene rings is 1. The number of urea groups is 1. The van der Waals surface area contributed by atoms with Crippen molar-refractivity contribution in [2.75, 3.05) is 20.3 Å². The first-order chi connectivity index (χ1) is 14.1. The molecule has 2 atom stereocenters. The molecule has 0 bridgehead atoms. The monoisotopic (exact) mass is 456 g/mol. The van der Waals surface area contributed by atoms with Gasteiger partial charge < -0.3 is 24.8 Å². The molecule has 8 nitrogen and oxygen atoms in total. The molecule has 162 valence electrons. The van der Waals surface area contributed by atoms with Crippen LogP contribution in [0.5, 0.6) is 5.75 Å². The predicted molar refractivity (Wildman–Crippen MR) is 109 cm³/mol. The Balaban J connectivity index is 1.91. The molecule has 2 amide bonds. The van der Waals surface area contributed by atoms with E-state index in [0.717, 1.165) is 0 Å². The number of alkyl halides is 2. The molecule has 1 aliphatic heterocycles. The summed E-state index contributed by atoms with van der Waals surface area (Å²) in [5, 5.41) is 5.24. The molecule has 1 fully saturated rings. The van der Waals surface area contributed by atoms with Gasteiger partial charge in [0.25, 0.3) is 0 Å². The Morgan fingerprint density at radius 3 is 2.37 bits per heavy atom. The van der Waals surface area contributed by atoms with Crippen molar-refractivity contribution in [3.63, 3.8) is 0 Å². The SMILES string of the molecule is CCOC(=O)C1=C(COC(=O)[C@]2(C)CC2(Cl)Cl)NC(=O)N[C@@H]1c1ccc(OC)cc1. The second-order valence-corrected chi connectivity index (χ2v) is 8.69. The van der Waals surface area contributed by atoms with E-state index in [2.05, 4.69) is 10.6 Å². The van der Waals surface area contributed by atoms with E-state index >= 15 is 0 Å². The molecule has 0 spiro atoms. The van der Waals surface area contributed by atoms with Crippen molar-refractivity contribution in [2.45, 2.75) is 30.6 Å². The van der Waals surface area contributed by atoms with Gasteiger partial charge in [-0.15, -0.1) is 23.2 Å². The fourth-order valence-electron chi connectivity index (χ4n) is 3.15. The van der Waals surface area contributed by atoms with Crippen molar-refractivity contribution < 1.29 is 28.6 Å². The number of esters is 2. The van der Waals surface area contributed by atoms with Crippen LogP contribution in [0, 0.1) is 5.41 Å². The van der Waals surface area contributed by atoms with Crippen molar-refractivity contribution in [1.82, 2.24) is 10.6 Å². The molecule has 30 heavy (non-hydrogen) atoms. The summed E-state index contributed by atoms with van der Waals surface area (Å²) in [5.74, 6) is -0.631. The summed E-state index contributed by atoms with van der Waals surface area (Å²) in [6.45, 7) is 3.06. The minimum atomic E-state index is -1.19. The van der Waals surface area contributed by atoms with Gasteiger partial charge in [-0.05, 0) is 31.5 Å². The molecule has 1 aliphatic carbocycles. The van der Waals surface area contributed by atoms with E-state index in [1.165, 1.54) is 7.11 Å². The Hall–Kier alpha value is -2.45. The van der Waals surface area contributed by atoms with Crippen LogP contribution in [0.4, 0.5) is 4.79 Å². The van der Waals surface area contributed by atoms with Crippen LogP contribution in [0.1, 0.15) is 31.9 Å². The molecule has 2 aliphatic rings. The van der Waals surface area contributed by atoms with Crippen molar-refractivity contribution in [3.05, 3.63) is 41.1 Å². The highest BCUT2D eigenvalue weighted by molar-refractivity contribution is 6.53. The molecule has 0 unspecified atom stereocenters. The third-order valence-corrected chi connectivity index (χ3v) is 6.26. The quantitative estimate of drug-likeness (QED) is 0.482. The standard InChI is InChI=1S/C20H22Cl2N2O6/c1-4-29-16(25)14-13(9-30-17(26)19(2)10-20(19,21)22)23-18(27)24-15(14)11-5-7-12(28-3)8-6-11/h5-8,15H,4,9-10H2,1-3H3,(H2,23,24,27)/t15-,19+/m1/s1.